The third-order valence-electron chi connectivity index (χ3n) is 5.76. The Hall–Kier alpha value is -1.74. The molecule has 3 heterocycles. The number of carbonyl (C=O) groups excluding carboxylic acids is 1. The van der Waals surface area contributed by atoms with Crippen molar-refractivity contribution < 1.29 is 13.2 Å². The summed E-state index contributed by atoms with van der Waals surface area (Å²) in [6.45, 7) is 3.59. The van der Waals surface area contributed by atoms with Gasteiger partial charge in [-0.1, -0.05) is 36.4 Å². The highest BCUT2D eigenvalue weighted by molar-refractivity contribution is 7.91. The van der Waals surface area contributed by atoms with E-state index in [1.807, 2.05) is 41.8 Å². The quantitative estimate of drug-likeness (QED) is 0.752. The van der Waals surface area contributed by atoms with Crippen LogP contribution in [0.25, 0.3) is 0 Å². The number of thiophene rings is 1. The number of benzene rings is 1. The van der Waals surface area contributed by atoms with E-state index in [1.54, 1.807) is 11.3 Å². The SMILES string of the molecule is O=C(CN1CCN(C2CCS(=O)(=O)C2)CC1)NC(c1ccccc1)c1cccs1. The molecule has 0 aliphatic carbocycles. The number of amides is 1. The van der Waals surface area contributed by atoms with E-state index in [-0.39, 0.29) is 23.7 Å². The maximum absolute atomic E-state index is 12.8. The van der Waals surface area contributed by atoms with Gasteiger partial charge in [-0.3, -0.25) is 14.6 Å². The molecule has 2 aliphatic heterocycles. The second-order valence-corrected chi connectivity index (χ2v) is 11.0. The molecule has 0 spiro atoms. The monoisotopic (exact) mass is 433 g/mol. The summed E-state index contributed by atoms with van der Waals surface area (Å²) in [5.74, 6) is 0.612. The summed E-state index contributed by atoms with van der Waals surface area (Å²) in [6.07, 6.45) is 0.738. The molecule has 0 bridgehead atoms. The summed E-state index contributed by atoms with van der Waals surface area (Å²) < 4.78 is 23.4. The zero-order chi connectivity index (χ0) is 20.3. The number of hydrogen-bond acceptors (Lipinski definition) is 6. The van der Waals surface area contributed by atoms with Gasteiger partial charge in [-0.25, -0.2) is 8.42 Å². The van der Waals surface area contributed by atoms with Gasteiger partial charge in [-0.05, 0) is 23.4 Å². The maximum Gasteiger partial charge on any atom is 0.234 e. The van der Waals surface area contributed by atoms with Gasteiger partial charge in [0, 0.05) is 37.1 Å². The Morgan fingerprint density at radius 1 is 1.10 bits per heavy atom. The Morgan fingerprint density at radius 3 is 2.48 bits per heavy atom. The third-order valence-corrected chi connectivity index (χ3v) is 8.45. The van der Waals surface area contributed by atoms with Crippen LogP contribution in [0.3, 0.4) is 0 Å². The molecule has 2 unspecified atom stereocenters. The van der Waals surface area contributed by atoms with Crippen LogP contribution in [-0.4, -0.2) is 74.4 Å². The van der Waals surface area contributed by atoms with Gasteiger partial charge in [0.15, 0.2) is 9.84 Å². The van der Waals surface area contributed by atoms with E-state index < -0.39 is 9.84 Å². The van der Waals surface area contributed by atoms with E-state index in [4.69, 9.17) is 0 Å². The summed E-state index contributed by atoms with van der Waals surface area (Å²) >= 11 is 1.64. The van der Waals surface area contributed by atoms with Gasteiger partial charge in [-0.15, -0.1) is 11.3 Å². The lowest BCUT2D eigenvalue weighted by Crippen LogP contribution is -2.52. The predicted molar refractivity (Wildman–Crippen MR) is 116 cm³/mol. The van der Waals surface area contributed by atoms with Crippen molar-refractivity contribution in [2.75, 3.05) is 44.2 Å². The van der Waals surface area contributed by atoms with Crippen molar-refractivity contribution in [3.63, 3.8) is 0 Å². The topological polar surface area (TPSA) is 69.7 Å². The van der Waals surface area contributed by atoms with Crippen molar-refractivity contribution >= 4 is 27.1 Å². The molecule has 2 aromatic rings. The molecule has 1 aromatic carbocycles. The standard InChI is InChI=1S/C21H27N3O3S2/c25-20(22-21(19-7-4-13-28-19)17-5-2-1-3-6-17)15-23-9-11-24(12-10-23)18-8-14-29(26,27)16-18/h1-7,13,18,21H,8-12,14-16H2,(H,22,25). The fraction of sp³-hybridized carbons (Fsp3) is 0.476. The lowest BCUT2D eigenvalue weighted by atomic mass is 10.1. The van der Waals surface area contributed by atoms with Gasteiger partial charge >= 0.3 is 0 Å². The van der Waals surface area contributed by atoms with Crippen LogP contribution in [-0.2, 0) is 14.6 Å². The largest absolute Gasteiger partial charge is 0.343 e. The number of nitrogens with one attached hydrogen (secondary N) is 1. The molecule has 6 nitrogen and oxygen atoms in total. The molecule has 1 amide bonds. The Bertz CT molecular complexity index is 908. The van der Waals surface area contributed by atoms with E-state index in [0.29, 0.717) is 12.3 Å². The highest BCUT2D eigenvalue weighted by Gasteiger charge is 2.34. The molecular weight excluding hydrogens is 406 g/mol. The highest BCUT2D eigenvalue weighted by atomic mass is 32.2. The zero-order valence-electron chi connectivity index (χ0n) is 16.4. The first-order valence-corrected chi connectivity index (χ1v) is 12.7. The van der Waals surface area contributed by atoms with E-state index >= 15 is 0 Å². The lowest BCUT2D eigenvalue weighted by molar-refractivity contribution is -0.123. The second kappa shape index (κ2) is 8.95. The summed E-state index contributed by atoms with van der Waals surface area (Å²) in [7, 11) is -2.86. The molecule has 2 aliphatic rings. The van der Waals surface area contributed by atoms with Crippen LogP contribution in [0.2, 0.25) is 0 Å². The van der Waals surface area contributed by atoms with E-state index in [9.17, 15) is 13.2 Å². The fourth-order valence-electron chi connectivity index (χ4n) is 4.18. The van der Waals surface area contributed by atoms with Gasteiger partial charge in [0.05, 0.1) is 24.1 Å². The fourth-order valence-corrected chi connectivity index (χ4v) is 6.74. The molecule has 0 saturated carbocycles. The summed E-state index contributed by atoms with van der Waals surface area (Å²) in [5, 5.41) is 5.22. The average Bonchev–Trinajstić information content (AvgIpc) is 3.37. The number of nitrogens with zero attached hydrogens (tertiary/aromatic N) is 2. The minimum Gasteiger partial charge on any atom is -0.343 e. The van der Waals surface area contributed by atoms with E-state index in [2.05, 4.69) is 21.2 Å². The minimum atomic E-state index is -2.86. The van der Waals surface area contributed by atoms with E-state index in [0.717, 1.165) is 43.0 Å². The lowest BCUT2D eigenvalue weighted by Gasteiger charge is -2.37. The van der Waals surface area contributed by atoms with Gasteiger partial charge in [0.1, 0.15) is 0 Å². The average molecular weight is 434 g/mol. The van der Waals surface area contributed by atoms with Crippen LogP contribution in [0.4, 0.5) is 0 Å². The van der Waals surface area contributed by atoms with E-state index in [1.165, 1.54) is 0 Å². The number of rotatable bonds is 6. The molecule has 8 heteroatoms. The van der Waals surface area contributed by atoms with Crippen molar-refractivity contribution in [2.45, 2.75) is 18.5 Å². The third kappa shape index (κ3) is 5.25. The number of hydrogen-bond donors (Lipinski definition) is 1. The Labute approximate surface area is 176 Å². The molecule has 29 heavy (non-hydrogen) atoms. The number of piperazine rings is 1. The van der Waals surface area contributed by atoms with Gasteiger partial charge in [-0.2, -0.15) is 0 Å². The smallest absolute Gasteiger partial charge is 0.234 e. The summed E-state index contributed by atoms with van der Waals surface area (Å²) in [6, 6.07) is 14.1. The second-order valence-electron chi connectivity index (χ2n) is 7.80. The van der Waals surface area contributed by atoms with Gasteiger partial charge in [0.2, 0.25) is 5.91 Å². The molecule has 1 aromatic heterocycles. The highest BCUT2D eigenvalue weighted by Crippen LogP contribution is 2.26. The normalized spacial score (nSPS) is 23.7. The number of carbonyl (C=O) groups is 1. The van der Waals surface area contributed by atoms with Crippen molar-refractivity contribution in [2.24, 2.45) is 0 Å². The molecule has 0 radical (unpaired) electrons. The van der Waals surface area contributed by atoms with Crippen molar-refractivity contribution in [1.82, 2.24) is 15.1 Å². The summed E-state index contributed by atoms with van der Waals surface area (Å²) in [4.78, 5) is 18.3. The molecule has 156 valence electrons. The van der Waals surface area contributed by atoms with Crippen molar-refractivity contribution in [1.29, 1.82) is 0 Å². The van der Waals surface area contributed by atoms with Crippen LogP contribution in [0.15, 0.2) is 47.8 Å². The first-order valence-electron chi connectivity index (χ1n) is 10.0. The van der Waals surface area contributed by atoms with Crippen LogP contribution in [0.1, 0.15) is 22.9 Å². The van der Waals surface area contributed by atoms with Crippen LogP contribution < -0.4 is 5.32 Å². The Balaban J connectivity index is 1.31. The van der Waals surface area contributed by atoms with Crippen molar-refractivity contribution in [3.8, 4) is 0 Å². The molecular formula is C21H27N3O3S2. The first kappa shape index (κ1) is 20.5. The number of sulfone groups is 1. The Kier molecular flexibility index (Phi) is 6.34. The predicted octanol–water partition coefficient (Wildman–Crippen LogP) is 1.76. The molecule has 2 fully saturated rings. The summed E-state index contributed by atoms with van der Waals surface area (Å²) in [5.41, 5.74) is 1.08. The zero-order valence-corrected chi connectivity index (χ0v) is 18.0. The Morgan fingerprint density at radius 2 is 1.86 bits per heavy atom. The molecule has 2 saturated heterocycles. The first-order chi connectivity index (χ1) is 14.0. The molecule has 2 atom stereocenters. The van der Waals surface area contributed by atoms with Gasteiger partial charge < -0.3 is 5.32 Å². The maximum atomic E-state index is 12.8. The van der Waals surface area contributed by atoms with Crippen LogP contribution >= 0.6 is 11.3 Å². The van der Waals surface area contributed by atoms with Crippen LogP contribution in [0.5, 0.6) is 0 Å². The molecule has 4 rings (SSSR count). The van der Waals surface area contributed by atoms with Crippen LogP contribution in [0, 0.1) is 0 Å². The van der Waals surface area contributed by atoms with Gasteiger partial charge in [0.25, 0.3) is 0 Å². The van der Waals surface area contributed by atoms with Crippen molar-refractivity contribution in [3.05, 3.63) is 58.3 Å². The minimum absolute atomic E-state index is 0.0177. The molecule has 1 N–H and O–H groups in total.